The third-order valence-electron chi connectivity index (χ3n) is 2.58. The first-order valence-electron chi connectivity index (χ1n) is 6.21. The monoisotopic (exact) mass is 253 g/mol. The van der Waals surface area contributed by atoms with Crippen LogP contribution in [0.4, 0.5) is 5.69 Å². The van der Waals surface area contributed by atoms with Crippen molar-refractivity contribution >= 4 is 5.69 Å². The fraction of sp³-hybridized carbons (Fsp3) is 0.571. The van der Waals surface area contributed by atoms with E-state index in [2.05, 4.69) is 5.32 Å². The topological polar surface area (TPSA) is 50.7 Å². The van der Waals surface area contributed by atoms with Gasteiger partial charge in [-0.25, -0.2) is 0 Å². The maximum Gasteiger partial charge on any atom is 0.119 e. The average Bonchev–Trinajstić information content (AvgIpc) is 2.34. The third kappa shape index (κ3) is 4.94. The highest BCUT2D eigenvalue weighted by atomic mass is 16.5. The predicted molar refractivity (Wildman–Crippen MR) is 73.3 cm³/mol. The molecule has 0 bridgehead atoms. The molecule has 18 heavy (non-hydrogen) atoms. The van der Waals surface area contributed by atoms with Crippen LogP contribution in [0.5, 0.6) is 5.75 Å². The lowest BCUT2D eigenvalue weighted by Crippen LogP contribution is -2.26. The lowest BCUT2D eigenvalue weighted by Gasteiger charge is -2.16. The quantitative estimate of drug-likeness (QED) is 0.782. The molecule has 1 aromatic rings. The van der Waals surface area contributed by atoms with E-state index in [1.54, 1.807) is 7.11 Å². The molecule has 0 aliphatic carbocycles. The molecule has 0 fully saturated rings. The van der Waals surface area contributed by atoms with Crippen LogP contribution in [0.2, 0.25) is 0 Å². The summed E-state index contributed by atoms with van der Waals surface area (Å²) in [4.78, 5) is 0. The van der Waals surface area contributed by atoms with Crippen molar-refractivity contribution < 1.29 is 14.6 Å². The standard InChI is InChI=1S/C14H23NO3/c1-10(2)18-9-12(16)8-15-14-6-5-13(17-4)7-11(14)3/h5-7,10,12,15-16H,8-9H2,1-4H3. The molecule has 0 saturated heterocycles. The highest BCUT2D eigenvalue weighted by molar-refractivity contribution is 5.53. The van der Waals surface area contributed by atoms with Gasteiger partial charge < -0.3 is 19.9 Å². The maximum atomic E-state index is 9.74. The van der Waals surface area contributed by atoms with E-state index in [-0.39, 0.29) is 6.10 Å². The first-order chi connectivity index (χ1) is 8.52. The van der Waals surface area contributed by atoms with Gasteiger partial charge in [0.1, 0.15) is 5.75 Å². The SMILES string of the molecule is COc1ccc(NCC(O)COC(C)C)c(C)c1. The number of hydrogen-bond donors (Lipinski definition) is 2. The summed E-state index contributed by atoms with van der Waals surface area (Å²) >= 11 is 0. The van der Waals surface area contributed by atoms with Crippen molar-refractivity contribution in [2.45, 2.75) is 33.0 Å². The normalized spacial score (nSPS) is 12.6. The van der Waals surface area contributed by atoms with E-state index in [1.165, 1.54) is 0 Å². The predicted octanol–water partition coefficient (Wildman–Crippen LogP) is 2.20. The summed E-state index contributed by atoms with van der Waals surface area (Å²) in [5.41, 5.74) is 2.09. The van der Waals surface area contributed by atoms with Crippen LogP contribution in [-0.4, -0.2) is 37.6 Å². The largest absolute Gasteiger partial charge is 0.497 e. The fourth-order valence-corrected chi connectivity index (χ4v) is 1.55. The van der Waals surface area contributed by atoms with Crippen molar-refractivity contribution in [3.05, 3.63) is 23.8 Å². The molecule has 0 aromatic heterocycles. The van der Waals surface area contributed by atoms with Gasteiger partial charge in [-0.15, -0.1) is 0 Å². The van der Waals surface area contributed by atoms with Crippen molar-refractivity contribution in [3.63, 3.8) is 0 Å². The number of benzene rings is 1. The summed E-state index contributed by atoms with van der Waals surface area (Å²) in [5.74, 6) is 0.835. The summed E-state index contributed by atoms with van der Waals surface area (Å²) in [7, 11) is 1.65. The Morgan fingerprint density at radius 1 is 1.33 bits per heavy atom. The van der Waals surface area contributed by atoms with Gasteiger partial charge in [0.15, 0.2) is 0 Å². The summed E-state index contributed by atoms with van der Waals surface area (Å²) in [6.45, 7) is 6.73. The summed E-state index contributed by atoms with van der Waals surface area (Å²) in [6.07, 6.45) is -0.365. The first kappa shape index (κ1) is 14.8. The van der Waals surface area contributed by atoms with Gasteiger partial charge in [0.25, 0.3) is 0 Å². The Bertz CT molecular complexity index is 366. The molecule has 1 aromatic carbocycles. The highest BCUT2D eigenvalue weighted by Crippen LogP contribution is 2.20. The molecular formula is C14H23NO3. The van der Waals surface area contributed by atoms with E-state index in [0.29, 0.717) is 13.2 Å². The summed E-state index contributed by atoms with van der Waals surface area (Å²) in [6, 6.07) is 5.80. The number of aliphatic hydroxyl groups excluding tert-OH is 1. The Kier molecular flexibility index (Phi) is 5.95. The Morgan fingerprint density at radius 3 is 2.61 bits per heavy atom. The van der Waals surface area contributed by atoms with Crippen LogP contribution in [0, 0.1) is 6.92 Å². The molecule has 0 radical (unpaired) electrons. The minimum absolute atomic E-state index is 0.141. The highest BCUT2D eigenvalue weighted by Gasteiger charge is 2.07. The molecule has 0 saturated carbocycles. The zero-order chi connectivity index (χ0) is 13.5. The lowest BCUT2D eigenvalue weighted by atomic mass is 10.2. The summed E-state index contributed by atoms with van der Waals surface area (Å²) < 4.78 is 10.5. The molecule has 1 atom stereocenters. The number of aryl methyl sites for hydroxylation is 1. The Labute approximate surface area is 109 Å². The van der Waals surface area contributed by atoms with E-state index < -0.39 is 6.10 Å². The van der Waals surface area contributed by atoms with E-state index in [9.17, 15) is 5.11 Å². The second kappa shape index (κ2) is 7.24. The van der Waals surface area contributed by atoms with E-state index in [4.69, 9.17) is 9.47 Å². The minimum atomic E-state index is -0.506. The molecule has 1 unspecified atom stereocenters. The van der Waals surface area contributed by atoms with Gasteiger partial charge in [-0.1, -0.05) is 0 Å². The molecule has 0 heterocycles. The van der Waals surface area contributed by atoms with Gasteiger partial charge in [-0.3, -0.25) is 0 Å². The molecule has 0 aliphatic rings. The molecule has 0 spiro atoms. The smallest absolute Gasteiger partial charge is 0.119 e. The number of hydrogen-bond acceptors (Lipinski definition) is 4. The third-order valence-corrected chi connectivity index (χ3v) is 2.58. The van der Waals surface area contributed by atoms with Gasteiger partial charge in [0, 0.05) is 12.2 Å². The van der Waals surface area contributed by atoms with E-state index in [0.717, 1.165) is 17.0 Å². The van der Waals surface area contributed by atoms with E-state index in [1.807, 2.05) is 39.0 Å². The van der Waals surface area contributed by atoms with E-state index >= 15 is 0 Å². The van der Waals surface area contributed by atoms with Gasteiger partial charge in [0.2, 0.25) is 0 Å². The van der Waals surface area contributed by atoms with Crippen molar-refractivity contribution in [1.82, 2.24) is 0 Å². The fourth-order valence-electron chi connectivity index (χ4n) is 1.55. The van der Waals surface area contributed by atoms with Gasteiger partial charge in [-0.05, 0) is 44.5 Å². The molecule has 4 heteroatoms. The Hall–Kier alpha value is -1.26. The van der Waals surface area contributed by atoms with Gasteiger partial charge in [-0.2, -0.15) is 0 Å². The van der Waals surface area contributed by atoms with Crippen molar-refractivity contribution in [2.24, 2.45) is 0 Å². The molecule has 102 valence electrons. The first-order valence-corrected chi connectivity index (χ1v) is 6.21. The number of ether oxygens (including phenoxy) is 2. The number of methoxy groups -OCH3 is 1. The second-order valence-corrected chi connectivity index (χ2v) is 4.60. The molecule has 0 amide bonds. The number of rotatable bonds is 7. The second-order valence-electron chi connectivity index (χ2n) is 4.60. The van der Waals surface area contributed by atoms with Gasteiger partial charge >= 0.3 is 0 Å². The minimum Gasteiger partial charge on any atom is -0.497 e. The zero-order valence-electron chi connectivity index (χ0n) is 11.6. The Morgan fingerprint density at radius 2 is 2.06 bits per heavy atom. The molecule has 1 rings (SSSR count). The number of anilines is 1. The van der Waals surface area contributed by atoms with Crippen LogP contribution in [-0.2, 0) is 4.74 Å². The lowest BCUT2D eigenvalue weighted by molar-refractivity contribution is 0.0112. The number of aliphatic hydroxyl groups is 1. The zero-order valence-corrected chi connectivity index (χ0v) is 11.6. The number of nitrogens with one attached hydrogen (secondary N) is 1. The maximum absolute atomic E-state index is 9.74. The molecule has 2 N–H and O–H groups in total. The van der Waals surface area contributed by atoms with Crippen LogP contribution in [0.15, 0.2) is 18.2 Å². The van der Waals surface area contributed by atoms with Crippen molar-refractivity contribution in [3.8, 4) is 5.75 Å². The van der Waals surface area contributed by atoms with Crippen LogP contribution in [0.1, 0.15) is 19.4 Å². The van der Waals surface area contributed by atoms with Crippen LogP contribution < -0.4 is 10.1 Å². The average molecular weight is 253 g/mol. The molecular weight excluding hydrogens is 230 g/mol. The Balaban J connectivity index is 2.43. The van der Waals surface area contributed by atoms with Crippen molar-refractivity contribution in [1.29, 1.82) is 0 Å². The van der Waals surface area contributed by atoms with Crippen LogP contribution in [0.3, 0.4) is 0 Å². The summed E-state index contributed by atoms with van der Waals surface area (Å²) in [5, 5.41) is 12.9. The molecule has 4 nitrogen and oxygen atoms in total. The molecule has 0 aliphatic heterocycles. The van der Waals surface area contributed by atoms with Crippen LogP contribution >= 0.6 is 0 Å². The van der Waals surface area contributed by atoms with Gasteiger partial charge in [0.05, 0.1) is 25.9 Å². The van der Waals surface area contributed by atoms with Crippen molar-refractivity contribution in [2.75, 3.05) is 25.6 Å². The van der Waals surface area contributed by atoms with Crippen LogP contribution in [0.25, 0.3) is 0 Å².